The van der Waals surface area contributed by atoms with E-state index in [9.17, 15) is 9.59 Å². The van der Waals surface area contributed by atoms with Gasteiger partial charge in [-0.2, -0.15) is 15.6 Å². The van der Waals surface area contributed by atoms with Crippen LogP contribution < -0.4 is 29.4 Å². The predicted molar refractivity (Wildman–Crippen MR) is 56.9 cm³/mol. The SMILES string of the molecule is O=C(O)/C=C/C(=O)O.O=P([O-])([O-])[O-].O=P([O-])([O-])[O-].[Ca+2].[Ca+2].[Ca+2]. The first-order chi connectivity index (χ1) is 7.63. The Hall–Kier alpha value is 2.68. The summed E-state index contributed by atoms with van der Waals surface area (Å²) in [7, 11) is -10.8. The second-order valence-electron chi connectivity index (χ2n) is 1.90. The Morgan fingerprint density at radius 3 is 0.810 bits per heavy atom. The van der Waals surface area contributed by atoms with Crippen LogP contribution in [0.25, 0.3) is 0 Å². The summed E-state index contributed by atoms with van der Waals surface area (Å²) in [6.45, 7) is 0. The first-order valence-corrected chi connectivity index (χ1v) is 6.15. The summed E-state index contributed by atoms with van der Waals surface area (Å²) >= 11 is 0. The molecule has 12 nitrogen and oxygen atoms in total. The third-order valence-electron chi connectivity index (χ3n) is 0.368. The fourth-order valence-electron chi connectivity index (χ4n) is 0.143. The zero-order valence-electron chi connectivity index (χ0n) is 10.1. The van der Waals surface area contributed by atoms with E-state index in [4.69, 9.17) is 48.7 Å². The van der Waals surface area contributed by atoms with Crippen LogP contribution in [0.15, 0.2) is 12.2 Å². The number of carboxylic acids is 2. The predicted octanol–water partition coefficient (Wildman–Crippen LogP) is -7.08. The Kier molecular flexibility index (Phi) is 38.5. The average molecular weight is 426 g/mol. The number of hydrogen-bond donors (Lipinski definition) is 2. The standard InChI is InChI=1S/C4H4O4.3Ca.2H3O4P/c5-3(6)1-2-4(7)8;;;;2*1-5(2,3)4/h1-2H,(H,5,6)(H,7,8);;;;2*(H3,1,2,3,4)/q;3*+2;;/p-6/b2-1+;;;;;. The third-order valence-corrected chi connectivity index (χ3v) is 0.368. The number of rotatable bonds is 2. The zero-order valence-corrected chi connectivity index (χ0v) is 18.6. The van der Waals surface area contributed by atoms with Gasteiger partial charge in [-0.1, -0.05) is 0 Å². The van der Waals surface area contributed by atoms with Crippen LogP contribution in [0.4, 0.5) is 0 Å². The van der Waals surface area contributed by atoms with Crippen molar-refractivity contribution in [2.45, 2.75) is 0 Å². The molecule has 0 aromatic heterocycles. The van der Waals surface area contributed by atoms with Crippen LogP contribution in [0.5, 0.6) is 0 Å². The first-order valence-electron chi connectivity index (χ1n) is 3.23. The first kappa shape index (κ1) is 39.0. The quantitative estimate of drug-likeness (QED) is 0.237. The van der Waals surface area contributed by atoms with Gasteiger partial charge in [0.2, 0.25) is 0 Å². The maximum atomic E-state index is 9.55. The Balaban J connectivity index is -0.0000000389. The number of carbonyl (C=O) groups is 2. The Bertz CT molecular complexity index is 331. The molecule has 0 saturated carbocycles. The molecule has 0 amide bonds. The summed E-state index contributed by atoms with van der Waals surface area (Å²) in [6, 6.07) is 0. The minimum atomic E-state index is -5.39. The van der Waals surface area contributed by atoms with E-state index in [2.05, 4.69) is 0 Å². The molecule has 0 spiro atoms. The van der Waals surface area contributed by atoms with E-state index in [-0.39, 0.29) is 113 Å². The monoisotopic (exact) mass is 426 g/mol. The van der Waals surface area contributed by atoms with Crippen LogP contribution in [0, 0.1) is 0 Å². The van der Waals surface area contributed by atoms with E-state index < -0.39 is 27.6 Å². The van der Waals surface area contributed by atoms with Crippen molar-refractivity contribution in [2.24, 2.45) is 0 Å². The normalized spacial score (nSPS) is 9.24. The molecular formula is C4H4Ca3O12P2. The van der Waals surface area contributed by atoms with Gasteiger partial charge in [0.15, 0.2) is 0 Å². The van der Waals surface area contributed by atoms with Crippen molar-refractivity contribution in [1.82, 2.24) is 0 Å². The van der Waals surface area contributed by atoms with Crippen molar-refractivity contribution in [3.05, 3.63) is 12.2 Å². The van der Waals surface area contributed by atoms with Crippen LogP contribution in [0.1, 0.15) is 0 Å². The maximum Gasteiger partial charge on any atom is 2.00 e. The zero-order chi connectivity index (χ0) is 15.6. The minimum absolute atomic E-state index is 0. The number of carboxylic acid groups (broad SMARTS) is 2. The Labute approximate surface area is 207 Å². The van der Waals surface area contributed by atoms with Crippen molar-refractivity contribution >= 4 is 141 Å². The van der Waals surface area contributed by atoms with Gasteiger partial charge in [-0.3, -0.25) is 0 Å². The topological polar surface area (TPSA) is 247 Å². The molecule has 0 fully saturated rings. The average Bonchev–Trinajstić information content (AvgIpc) is 1.93. The molecule has 0 radical (unpaired) electrons. The second kappa shape index (κ2) is 20.7. The molecule has 17 heteroatoms. The molecule has 0 saturated heterocycles. The van der Waals surface area contributed by atoms with Crippen molar-refractivity contribution in [2.75, 3.05) is 0 Å². The van der Waals surface area contributed by atoms with Crippen molar-refractivity contribution in [3.8, 4) is 0 Å². The molecule has 0 atom stereocenters. The molecule has 0 aliphatic rings. The molecule has 0 rings (SSSR count). The number of phosphoric acid groups is 2. The summed E-state index contributed by atoms with van der Waals surface area (Å²) in [4.78, 5) is 70.4. The smallest absolute Gasteiger partial charge is 0.822 e. The Morgan fingerprint density at radius 1 is 0.667 bits per heavy atom. The van der Waals surface area contributed by atoms with Crippen LogP contribution in [0.3, 0.4) is 0 Å². The van der Waals surface area contributed by atoms with Crippen LogP contribution in [-0.2, 0) is 18.7 Å². The van der Waals surface area contributed by atoms with Gasteiger partial charge < -0.3 is 48.7 Å². The molecule has 21 heavy (non-hydrogen) atoms. The number of hydrogen-bond acceptors (Lipinski definition) is 10. The molecular weight excluding hydrogens is 422 g/mol. The minimum Gasteiger partial charge on any atom is -0.822 e. The molecule has 0 aliphatic carbocycles. The van der Waals surface area contributed by atoms with Gasteiger partial charge in [-0.15, -0.1) is 0 Å². The summed E-state index contributed by atoms with van der Waals surface area (Å²) in [5, 5.41) is 15.6. The van der Waals surface area contributed by atoms with Gasteiger partial charge in [0.05, 0.1) is 0 Å². The fraction of sp³-hybridized carbons (Fsp3) is 0. The molecule has 0 bridgehead atoms. The maximum absolute atomic E-state index is 9.55. The van der Waals surface area contributed by atoms with E-state index in [1.165, 1.54) is 0 Å². The molecule has 0 heterocycles. The van der Waals surface area contributed by atoms with Crippen LogP contribution in [0.2, 0.25) is 0 Å². The van der Waals surface area contributed by atoms with E-state index in [1.54, 1.807) is 0 Å². The molecule has 2 N–H and O–H groups in total. The molecule has 0 unspecified atom stereocenters. The summed E-state index contributed by atoms with van der Waals surface area (Å²) in [6.07, 6.45) is 1.12. The Morgan fingerprint density at radius 2 is 0.762 bits per heavy atom. The van der Waals surface area contributed by atoms with Gasteiger partial charge in [0.25, 0.3) is 0 Å². The third kappa shape index (κ3) is 164. The van der Waals surface area contributed by atoms with Crippen molar-refractivity contribution in [1.29, 1.82) is 0 Å². The van der Waals surface area contributed by atoms with E-state index in [0.29, 0.717) is 12.2 Å². The van der Waals surface area contributed by atoms with Gasteiger partial charge >= 0.3 is 125 Å². The molecule has 108 valence electrons. The van der Waals surface area contributed by atoms with Crippen molar-refractivity contribution < 1.29 is 58.3 Å². The van der Waals surface area contributed by atoms with Gasteiger partial charge in [0, 0.05) is 12.2 Å². The van der Waals surface area contributed by atoms with Gasteiger partial charge in [-0.25, -0.2) is 9.59 Å². The summed E-state index contributed by atoms with van der Waals surface area (Å²) < 4.78 is 17.1. The molecule has 0 aliphatic heterocycles. The molecule has 0 aromatic rings. The van der Waals surface area contributed by atoms with Crippen LogP contribution in [-0.4, -0.2) is 135 Å². The van der Waals surface area contributed by atoms with Crippen molar-refractivity contribution in [3.63, 3.8) is 0 Å². The van der Waals surface area contributed by atoms with Crippen LogP contribution >= 0.6 is 15.6 Å². The summed E-state index contributed by atoms with van der Waals surface area (Å²) in [5.41, 5.74) is 0. The van der Waals surface area contributed by atoms with Gasteiger partial charge in [0.1, 0.15) is 0 Å². The summed E-state index contributed by atoms with van der Waals surface area (Å²) in [5.74, 6) is -2.51. The second-order valence-corrected chi connectivity index (χ2v) is 3.69. The fourth-order valence-corrected chi connectivity index (χ4v) is 0.143. The largest absolute Gasteiger partial charge is 2.00 e. The van der Waals surface area contributed by atoms with Gasteiger partial charge in [-0.05, 0) is 0 Å². The number of aliphatic carboxylic acids is 2. The van der Waals surface area contributed by atoms with E-state index >= 15 is 0 Å². The van der Waals surface area contributed by atoms with E-state index in [1.807, 2.05) is 0 Å². The molecule has 0 aromatic carbocycles. The van der Waals surface area contributed by atoms with E-state index in [0.717, 1.165) is 0 Å².